The predicted molar refractivity (Wildman–Crippen MR) is 68.7 cm³/mol. The van der Waals surface area contributed by atoms with Gasteiger partial charge in [0.25, 0.3) is 0 Å². The lowest BCUT2D eigenvalue weighted by Gasteiger charge is -2.05. The molecule has 0 saturated heterocycles. The Kier molecular flexibility index (Phi) is 4.64. The van der Waals surface area contributed by atoms with Crippen molar-refractivity contribution in [2.45, 2.75) is 0 Å². The number of benzene rings is 1. The van der Waals surface area contributed by atoms with E-state index in [9.17, 15) is 0 Å². The average molecular weight is 229 g/mol. The van der Waals surface area contributed by atoms with Gasteiger partial charge in [-0.3, -0.25) is 0 Å². The van der Waals surface area contributed by atoms with E-state index in [4.69, 9.17) is 10.5 Å². The van der Waals surface area contributed by atoms with E-state index in [-0.39, 0.29) is 16.5 Å². The van der Waals surface area contributed by atoms with Crippen LogP contribution in [-0.2, 0) is 10.9 Å². The first-order valence-electron chi connectivity index (χ1n) is 4.82. The van der Waals surface area contributed by atoms with Crippen molar-refractivity contribution in [2.75, 3.05) is 18.3 Å². The molecule has 2 nitrogen and oxygen atoms in total. The van der Waals surface area contributed by atoms with Crippen LogP contribution < -0.4 is 0 Å². The fraction of sp³-hybridized carbons (Fsp3) is 0.231. The molecule has 0 unspecified atom stereocenters. The van der Waals surface area contributed by atoms with Crippen molar-refractivity contribution in [3.8, 4) is 12.1 Å². The third kappa shape index (κ3) is 3.15. The molecule has 0 spiro atoms. The molecule has 0 aliphatic carbocycles. The molecule has 0 aromatic heterocycles. The van der Waals surface area contributed by atoms with Crippen molar-refractivity contribution in [3.63, 3.8) is 0 Å². The van der Waals surface area contributed by atoms with Gasteiger partial charge in [0.1, 0.15) is 23.5 Å². The minimum absolute atomic E-state index is 0.170. The maximum Gasteiger partial charge on any atom is 0.138 e. The van der Waals surface area contributed by atoms with E-state index in [1.165, 1.54) is 0 Å². The molecule has 0 aliphatic heterocycles. The van der Waals surface area contributed by atoms with Gasteiger partial charge in [0.15, 0.2) is 0 Å². The summed E-state index contributed by atoms with van der Waals surface area (Å²) in [5, 5.41) is 17.9. The van der Waals surface area contributed by atoms with Gasteiger partial charge in [-0.25, -0.2) is 0 Å². The van der Waals surface area contributed by atoms with E-state index < -0.39 is 0 Å². The van der Waals surface area contributed by atoms with Gasteiger partial charge in [0.05, 0.1) is 12.5 Å². The Morgan fingerprint density at radius 2 is 1.69 bits per heavy atom. The van der Waals surface area contributed by atoms with Crippen LogP contribution in [0, 0.1) is 22.7 Å². The number of nitrogens with zero attached hydrogens (tertiary/aromatic N) is 2. The summed E-state index contributed by atoms with van der Waals surface area (Å²) < 4.78 is 0. The van der Waals surface area contributed by atoms with Gasteiger partial charge in [-0.2, -0.15) is 10.5 Å². The molecule has 1 aromatic carbocycles. The molecule has 1 rings (SSSR count). The third-order valence-corrected chi connectivity index (χ3v) is 2.95. The number of nitriles is 2. The molecule has 1 aromatic rings. The highest BCUT2D eigenvalue weighted by molar-refractivity contribution is 7.95. The number of hydrogen-bond donors (Lipinski definition) is 0. The van der Waals surface area contributed by atoms with E-state index in [2.05, 4.69) is 12.5 Å². The van der Waals surface area contributed by atoms with Crippen molar-refractivity contribution >= 4 is 16.5 Å². The normalized spacial score (nSPS) is 9.31. The van der Waals surface area contributed by atoms with Crippen LogP contribution in [0.15, 0.2) is 35.9 Å². The fourth-order valence-electron chi connectivity index (χ4n) is 1.39. The highest BCUT2D eigenvalue weighted by atomic mass is 32.2. The minimum Gasteiger partial charge on any atom is -0.192 e. The van der Waals surface area contributed by atoms with Crippen molar-refractivity contribution < 1.29 is 0 Å². The molecular weight excluding hydrogens is 216 g/mol. The summed E-state index contributed by atoms with van der Waals surface area (Å²) in [7, 11) is 0.170. The Morgan fingerprint density at radius 1 is 1.12 bits per heavy atom. The van der Waals surface area contributed by atoms with Gasteiger partial charge < -0.3 is 0 Å². The maximum atomic E-state index is 8.94. The van der Waals surface area contributed by atoms with Crippen molar-refractivity contribution in [1.82, 2.24) is 0 Å². The summed E-state index contributed by atoms with van der Waals surface area (Å²) in [5.74, 6) is 0.778. The van der Waals surface area contributed by atoms with Crippen LogP contribution in [0.3, 0.4) is 0 Å². The molecule has 80 valence electrons. The molecule has 0 bridgehead atoms. The topological polar surface area (TPSA) is 47.6 Å². The van der Waals surface area contributed by atoms with Crippen LogP contribution in [0.4, 0.5) is 0 Å². The smallest absolute Gasteiger partial charge is 0.138 e. The molecule has 0 N–H and O–H groups in total. The second-order valence-electron chi connectivity index (χ2n) is 3.57. The Labute approximate surface area is 99.2 Å². The molecule has 0 atom stereocenters. The van der Waals surface area contributed by atoms with E-state index in [1.54, 1.807) is 0 Å². The van der Waals surface area contributed by atoms with Gasteiger partial charge >= 0.3 is 0 Å². The highest BCUT2D eigenvalue weighted by Crippen LogP contribution is 2.20. The summed E-state index contributed by atoms with van der Waals surface area (Å²) in [6.07, 6.45) is 4.21. The summed E-state index contributed by atoms with van der Waals surface area (Å²) in [6, 6.07) is 13.6. The summed E-state index contributed by atoms with van der Waals surface area (Å²) in [6.45, 7) is 0. The van der Waals surface area contributed by atoms with E-state index in [1.807, 2.05) is 42.5 Å². The Balaban J connectivity index is 3.24. The second kappa shape index (κ2) is 6.00. The Hall–Kier alpha value is -1.71. The zero-order valence-corrected chi connectivity index (χ0v) is 10.2. The monoisotopic (exact) mass is 229 g/mol. The maximum absolute atomic E-state index is 8.94. The van der Waals surface area contributed by atoms with Crippen molar-refractivity contribution in [1.29, 1.82) is 10.5 Å². The SMILES string of the molecule is C[S+](C)CC(=C(C#N)C#N)c1ccccc1. The lowest BCUT2D eigenvalue weighted by atomic mass is 10.0. The van der Waals surface area contributed by atoms with E-state index in [0.29, 0.717) is 0 Å². The van der Waals surface area contributed by atoms with Gasteiger partial charge in [-0.05, 0) is 16.5 Å². The first-order chi connectivity index (χ1) is 7.69. The molecule has 16 heavy (non-hydrogen) atoms. The van der Waals surface area contributed by atoms with Crippen LogP contribution >= 0.6 is 0 Å². The van der Waals surface area contributed by atoms with Crippen molar-refractivity contribution in [3.05, 3.63) is 41.5 Å². The number of rotatable bonds is 3. The Bertz CT molecular complexity index is 445. The first kappa shape index (κ1) is 12.4. The van der Waals surface area contributed by atoms with Crippen LogP contribution in [0.5, 0.6) is 0 Å². The largest absolute Gasteiger partial charge is 0.192 e. The quantitative estimate of drug-likeness (QED) is 0.590. The standard InChI is InChI=1S/C13H13N2S/c1-16(2)10-13(12(8-14)9-15)11-6-4-3-5-7-11/h3-7H,10H2,1-2H3/q+1. The lowest BCUT2D eigenvalue weighted by Crippen LogP contribution is -2.06. The van der Waals surface area contributed by atoms with Gasteiger partial charge in [0.2, 0.25) is 0 Å². The molecular formula is C13H13N2S+. The Morgan fingerprint density at radius 3 is 2.12 bits per heavy atom. The fourth-order valence-corrected chi connectivity index (χ4v) is 2.28. The molecule has 0 aliphatic rings. The molecule has 0 saturated carbocycles. The van der Waals surface area contributed by atoms with Gasteiger partial charge in [-0.1, -0.05) is 30.3 Å². The van der Waals surface area contributed by atoms with Crippen LogP contribution in [0.1, 0.15) is 5.56 Å². The first-order valence-corrected chi connectivity index (χ1v) is 7.03. The number of allylic oxidation sites excluding steroid dienone is 1. The van der Waals surface area contributed by atoms with Gasteiger partial charge in [0, 0.05) is 5.57 Å². The van der Waals surface area contributed by atoms with Crippen LogP contribution in [0.2, 0.25) is 0 Å². The summed E-state index contributed by atoms with van der Waals surface area (Å²) >= 11 is 0. The molecule has 0 heterocycles. The molecule has 0 fully saturated rings. The molecule has 0 amide bonds. The molecule has 3 heteroatoms. The summed E-state index contributed by atoms with van der Waals surface area (Å²) in [5.41, 5.74) is 2.06. The number of hydrogen-bond acceptors (Lipinski definition) is 2. The highest BCUT2D eigenvalue weighted by Gasteiger charge is 2.15. The van der Waals surface area contributed by atoms with Crippen LogP contribution in [0.25, 0.3) is 5.57 Å². The average Bonchev–Trinajstić information content (AvgIpc) is 2.30. The predicted octanol–water partition coefficient (Wildman–Crippen LogP) is 2.37. The van der Waals surface area contributed by atoms with Crippen molar-refractivity contribution in [2.24, 2.45) is 0 Å². The summed E-state index contributed by atoms with van der Waals surface area (Å²) in [4.78, 5) is 0. The lowest BCUT2D eigenvalue weighted by molar-refractivity contribution is 1.44. The minimum atomic E-state index is 0.170. The van der Waals surface area contributed by atoms with Gasteiger partial charge in [-0.15, -0.1) is 0 Å². The van der Waals surface area contributed by atoms with E-state index in [0.717, 1.165) is 16.9 Å². The third-order valence-electron chi connectivity index (χ3n) is 2.08. The van der Waals surface area contributed by atoms with Crippen LogP contribution in [-0.4, -0.2) is 18.3 Å². The zero-order valence-electron chi connectivity index (χ0n) is 9.40. The zero-order chi connectivity index (χ0) is 12.0. The molecule has 0 radical (unpaired) electrons. The van der Waals surface area contributed by atoms with E-state index >= 15 is 0 Å². The second-order valence-corrected chi connectivity index (χ2v) is 5.83.